The number of nitrogens with one attached hydrogen (secondary N) is 1. The van der Waals surface area contributed by atoms with Gasteiger partial charge in [-0.1, -0.05) is 0 Å². The molecule has 0 bridgehead atoms. The lowest BCUT2D eigenvalue weighted by molar-refractivity contribution is 0.156. The zero-order valence-electron chi connectivity index (χ0n) is 13.1. The van der Waals surface area contributed by atoms with E-state index in [1.165, 1.54) is 44.5 Å². The minimum Gasteiger partial charge on any atom is -0.383 e. The van der Waals surface area contributed by atoms with Crippen LogP contribution in [0.5, 0.6) is 0 Å². The number of hydrogen-bond acceptors (Lipinski definition) is 4. The maximum absolute atomic E-state index is 5.08. The summed E-state index contributed by atoms with van der Waals surface area (Å²) in [5.74, 6) is 0.771. The third-order valence-corrected chi connectivity index (χ3v) is 4.59. The van der Waals surface area contributed by atoms with Crippen LogP contribution in [0.1, 0.15) is 37.4 Å². The first-order valence-electron chi connectivity index (χ1n) is 8.29. The van der Waals surface area contributed by atoms with E-state index in [-0.39, 0.29) is 0 Å². The highest BCUT2D eigenvalue weighted by Crippen LogP contribution is 2.36. The Hall–Kier alpha value is -0.910. The monoisotopic (exact) mass is 292 g/mol. The summed E-state index contributed by atoms with van der Waals surface area (Å²) in [7, 11) is 1.76. The van der Waals surface area contributed by atoms with Crippen molar-refractivity contribution in [2.75, 3.05) is 39.9 Å². The van der Waals surface area contributed by atoms with Crippen molar-refractivity contribution < 1.29 is 4.74 Å². The molecule has 5 nitrogen and oxygen atoms in total. The average molecular weight is 292 g/mol. The first-order chi connectivity index (χ1) is 10.4. The van der Waals surface area contributed by atoms with Crippen LogP contribution in [0.2, 0.25) is 0 Å². The smallest absolute Gasteiger partial charge is 0.0951 e. The van der Waals surface area contributed by atoms with Crippen LogP contribution in [0.3, 0.4) is 0 Å². The lowest BCUT2D eigenvalue weighted by atomic mass is 9.98. The fourth-order valence-corrected chi connectivity index (χ4v) is 3.31. The number of methoxy groups -OCH3 is 1. The molecule has 118 valence electrons. The summed E-state index contributed by atoms with van der Waals surface area (Å²) in [6.07, 6.45) is 9.39. The standard InChI is InChI=1S/C16H28N4O/c1-21-8-6-17-9-14-3-2-7-19(11-14)12-16-10-18-13-20(16)15-4-5-15/h10,13-15,17H,2-9,11-12H2,1H3. The molecule has 0 aromatic carbocycles. The quantitative estimate of drug-likeness (QED) is 0.740. The van der Waals surface area contributed by atoms with Gasteiger partial charge in [0.05, 0.1) is 18.6 Å². The van der Waals surface area contributed by atoms with Crippen LogP contribution in [0.25, 0.3) is 0 Å². The van der Waals surface area contributed by atoms with Crippen molar-refractivity contribution in [2.24, 2.45) is 5.92 Å². The average Bonchev–Trinajstić information content (AvgIpc) is 3.25. The summed E-state index contributed by atoms with van der Waals surface area (Å²) in [4.78, 5) is 6.95. The number of aromatic nitrogens is 2. The lowest BCUT2D eigenvalue weighted by Gasteiger charge is -2.33. The number of ether oxygens (including phenoxy) is 1. The van der Waals surface area contributed by atoms with Crippen LogP contribution >= 0.6 is 0 Å². The Kier molecular flexibility index (Phi) is 5.27. The van der Waals surface area contributed by atoms with Crippen molar-refractivity contribution >= 4 is 0 Å². The Labute approximate surface area is 127 Å². The van der Waals surface area contributed by atoms with Crippen LogP contribution in [0, 0.1) is 5.92 Å². The summed E-state index contributed by atoms with van der Waals surface area (Å²) < 4.78 is 7.47. The third-order valence-electron chi connectivity index (χ3n) is 4.59. The van der Waals surface area contributed by atoms with Gasteiger partial charge in [-0.25, -0.2) is 4.98 Å². The highest BCUT2D eigenvalue weighted by Gasteiger charge is 2.26. The molecule has 5 heteroatoms. The molecule has 2 aliphatic rings. The van der Waals surface area contributed by atoms with Gasteiger partial charge >= 0.3 is 0 Å². The molecular weight excluding hydrogens is 264 g/mol. The van der Waals surface area contributed by atoms with E-state index in [1.54, 1.807) is 7.11 Å². The Morgan fingerprint density at radius 1 is 1.38 bits per heavy atom. The van der Waals surface area contributed by atoms with Crippen LogP contribution in [-0.2, 0) is 11.3 Å². The number of hydrogen-bond donors (Lipinski definition) is 1. The first kappa shape index (κ1) is 15.0. The third kappa shape index (κ3) is 4.28. The molecule has 1 aliphatic heterocycles. The van der Waals surface area contributed by atoms with Crippen molar-refractivity contribution in [1.82, 2.24) is 19.8 Å². The Bertz CT molecular complexity index is 430. The van der Waals surface area contributed by atoms with Crippen molar-refractivity contribution in [3.05, 3.63) is 18.2 Å². The molecule has 2 heterocycles. The predicted octanol–water partition coefficient (Wildman–Crippen LogP) is 1.67. The maximum atomic E-state index is 5.08. The number of rotatable bonds is 8. The molecule has 1 saturated heterocycles. The second-order valence-corrected chi connectivity index (χ2v) is 6.46. The predicted molar refractivity (Wildman–Crippen MR) is 83.2 cm³/mol. The first-order valence-corrected chi connectivity index (χ1v) is 8.29. The SMILES string of the molecule is COCCNCC1CCCN(Cc2cncn2C2CC2)C1. The van der Waals surface area contributed by atoms with Gasteiger partial charge in [0.2, 0.25) is 0 Å². The molecule has 2 fully saturated rings. The summed E-state index contributed by atoms with van der Waals surface area (Å²) in [5, 5.41) is 3.51. The van der Waals surface area contributed by atoms with E-state index in [4.69, 9.17) is 4.74 Å². The van der Waals surface area contributed by atoms with Gasteiger partial charge in [-0.15, -0.1) is 0 Å². The molecular formula is C16H28N4O. The fraction of sp³-hybridized carbons (Fsp3) is 0.812. The van der Waals surface area contributed by atoms with E-state index in [9.17, 15) is 0 Å². The molecule has 1 N–H and O–H groups in total. The Morgan fingerprint density at radius 3 is 3.10 bits per heavy atom. The highest BCUT2D eigenvalue weighted by molar-refractivity contribution is 5.03. The highest BCUT2D eigenvalue weighted by atomic mass is 16.5. The van der Waals surface area contributed by atoms with E-state index in [0.717, 1.165) is 38.2 Å². The van der Waals surface area contributed by atoms with Gasteiger partial charge in [-0.2, -0.15) is 0 Å². The molecule has 1 saturated carbocycles. The summed E-state index contributed by atoms with van der Waals surface area (Å²) >= 11 is 0. The minimum atomic E-state index is 0.735. The number of nitrogens with zero attached hydrogens (tertiary/aromatic N) is 3. The molecule has 0 amide bonds. The Balaban J connectivity index is 1.45. The van der Waals surface area contributed by atoms with E-state index >= 15 is 0 Å². The van der Waals surface area contributed by atoms with Crippen LogP contribution in [0.15, 0.2) is 12.5 Å². The normalized spacial score (nSPS) is 23.6. The van der Waals surface area contributed by atoms with Gasteiger partial charge < -0.3 is 14.6 Å². The van der Waals surface area contributed by atoms with Gasteiger partial charge in [0, 0.05) is 39.0 Å². The van der Waals surface area contributed by atoms with Crippen molar-refractivity contribution in [3.63, 3.8) is 0 Å². The van der Waals surface area contributed by atoms with Gasteiger partial charge in [0.1, 0.15) is 0 Å². The number of imidazole rings is 1. The molecule has 1 atom stereocenters. The molecule has 0 spiro atoms. The van der Waals surface area contributed by atoms with Gasteiger partial charge in [-0.3, -0.25) is 4.90 Å². The number of piperidine rings is 1. The van der Waals surface area contributed by atoms with Crippen LogP contribution < -0.4 is 5.32 Å². The minimum absolute atomic E-state index is 0.735. The van der Waals surface area contributed by atoms with Crippen molar-refractivity contribution in [3.8, 4) is 0 Å². The van der Waals surface area contributed by atoms with E-state index < -0.39 is 0 Å². The molecule has 21 heavy (non-hydrogen) atoms. The van der Waals surface area contributed by atoms with Crippen molar-refractivity contribution in [2.45, 2.75) is 38.3 Å². The topological polar surface area (TPSA) is 42.3 Å². The molecule has 1 aromatic rings. The van der Waals surface area contributed by atoms with Gasteiger partial charge in [-0.05, 0) is 44.7 Å². The Morgan fingerprint density at radius 2 is 2.29 bits per heavy atom. The van der Waals surface area contributed by atoms with Crippen LogP contribution in [0.4, 0.5) is 0 Å². The van der Waals surface area contributed by atoms with Gasteiger partial charge in [0.25, 0.3) is 0 Å². The molecule has 1 aliphatic carbocycles. The fourth-order valence-electron chi connectivity index (χ4n) is 3.31. The van der Waals surface area contributed by atoms with E-state index in [0.29, 0.717) is 0 Å². The summed E-state index contributed by atoms with van der Waals surface area (Å²) in [5.41, 5.74) is 1.39. The zero-order valence-corrected chi connectivity index (χ0v) is 13.1. The zero-order chi connectivity index (χ0) is 14.5. The second-order valence-electron chi connectivity index (χ2n) is 6.46. The second kappa shape index (κ2) is 7.38. The molecule has 3 rings (SSSR count). The maximum Gasteiger partial charge on any atom is 0.0951 e. The molecule has 0 radical (unpaired) electrons. The lowest BCUT2D eigenvalue weighted by Crippen LogP contribution is -2.40. The summed E-state index contributed by atoms with van der Waals surface area (Å²) in [6, 6.07) is 0.735. The summed E-state index contributed by atoms with van der Waals surface area (Å²) in [6.45, 7) is 6.37. The van der Waals surface area contributed by atoms with Crippen molar-refractivity contribution in [1.29, 1.82) is 0 Å². The number of likely N-dealkylation sites (tertiary alicyclic amines) is 1. The molecule has 1 aromatic heterocycles. The molecule has 1 unspecified atom stereocenters. The van der Waals surface area contributed by atoms with Gasteiger partial charge in [0.15, 0.2) is 0 Å². The van der Waals surface area contributed by atoms with E-state index in [1.807, 2.05) is 6.33 Å². The van der Waals surface area contributed by atoms with Crippen LogP contribution in [-0.4, -0.2) is 54.3 Å². The van der Waals surface area contributed by atoms with E-state index in [2.05, 4.69) is 26.0 Å². The largest absolute Gasteiger partial charge is 0.383 e.